The predicted octanol–water partition coefficient (Wildman–Crippen LogP) is 4.11. The van der Waals surface area contributed by atoms with Gasteiger partial charge in [-0.15, -0.1) is 0 Å². The first-order valence-corrected chi connectivity index (χ1v) is 8.50. The molecule has 1 atom stereocenters. The van der Waals surface area contributed by atoms with Gasteiger partial charge in [-0.25, -0.2) is 4.98 Å². The van der Waals surface area contributed by atoms with Crippen molar-refractivity contribution in [2.24, 2.45) is 0 Å². The Bertz CT molecular complexity index is 598. The van der Waals surface area contributed by atoms with Crippen LogP contribution in [0.1, 0.15) is 20.3 Å². The van der Waals surface area contributed by atoms with E-state index in [0.29, 0.717) is 16.7 Å². The fraction of sp³-hybridized carbons (Fsp3) is 0.333. The molecule has 2 aromatic rings. The van der Waals surface area contributed by atoms with Crippen LogP contribution in [0.4, 0.5) is 0 Å². The zero-order valence-corrected chi connectivity index (χ0v) is 14.3. The summed E-state index contributed by atoms with van der Waals surface area (Å²) in [4.78, 5) is 15.9. The quantitative estimate of drug-likeness (QED) is 0.779. The summed E-state index contributed by atoms with van der Waals surface area (Å²) in [6.07, 6.45) is 2.60. The number of nitrogens with zero attached hydrogens (tertiary/aromatic N) is 1. The van der Waals surface area contributed by atoms with Gasteiger partial charge in [0.1, 0.15) is 0 Å². The Balaban J connectivity index is 1.91. The number of halogens is 1. The molecule has 1 amide bonds. The minimum Gasteiger partial charge on any atom is -0.431 e. The third-order valence-electron chi connectivity index (χ3n) is 2.96. The zero-order valence-electron chi connectivity index (χ0n) is 11.9. The number of thioether (sulfide) groups is 1. The fourth-order valence-electron chi connectivity index (χ4n) is 1.62. The van der Waals surface area contributed by atoms with Crippen molar-refractivity contribution in [1.29, 1.82) is 0 Å². The van der Waals surface area contributed by atoms with Crippen LogP contribution in [0.2, 0.25) is 0 Å². The lowest BCUT2D eigenvalue weighted by Crippen LogP contribution is -2.33. The van der Waals surface area contributed by atoms with Gasteiger partial charge < -0.3 is 9.73 Å². The van der Waals surface area contributed by atoms with E-state index in [1.807, 2.05) is 38.1 Å². The van der Waals surface area contributed by atoms with E-state index in [9.17, 15) is 4.79 Å². The summed E-state index contributed by atoms with van der Waals surface area (Å²) in [7, 11) is 0. The Hall–Kier alpha value is -1.27. The van der Waals surface area contributed by atoms with Gasteiger partial charge in [-0.2, -0.15) is 0 Å². The number of hydrogen-bond acceptors (Lipinski definition) is 4. The number of aromatic nitrogens is 1. The maximum atomic E-state index is 11.7. The van der Waals surface area contributed by atoms with E-state index in [1.165, 1.54) is 11.8 Å². The number of rotatable bonds is 6. The Kier molecular flexibility index (Phi) is 5.87. The molecule has 1 heterocycles. The lowest BCUT2D eigenvalue weighted by atomic mass is 10.2. The van der Waals surface area contributed by atoms with Crippen LogP contribution in [0, 0.1) is 0 Å². The van der Waals surface area contributed by atoms with Crippen molar-refractivity contribution in [3.8, 4) is 11.3 Å². The highest BCUT2D eigenvalue weighted by Crippen LogP contribution is 2.26. The molecule has 0 saturated carbocycles. The van der Waals surface area contributed by atoms with Crippen molar-refractivity contribution in [3.05, 3.63) is 34.9 Å². The van der Waals surface area contributed by atoms with E-state index in [-0.39, 0.29) is 11.9 Å². The van der Waals surface area contributed by atoms with Crippen molar-refractivity contribution < 1.29 is 9.21 Å². The van der Waals surface area contributed by atoms with Gasteiger partial charge in [-0.05, 0) is 25.5 Å². The monoisotopic (exact) mass is 368 g/mol. The molecule has 4 nitrogen and oxygen atoms in total. The smallest absolute Gasteiger partial charge is 0.256 e. The molecule has 2 rings (SSSR count). The fourth-order valence-corrected chi connectivity index (χ4v) is 2.50. The van der Waals surface area contributed by atoms with E-state index in [1.54, 1.807) is 6.20 Å². The van der Waals surface area contributed by atoms with Crippen LogP contribution in [0.15, 0.2) is 44.6 Å². The molecule has 0 bridgehead atoms. The molecule has 1 N–H and O–H groups in total. The molecule has 0 unspecified atom stereocenters. The molecule has 6 heteroatoms. The van der Waals surface area contributed by atoms with Crippen molar-refractivity contribution in [3.63, 3.8) is 0 Å². The van der Waals surface area contributed by atoms with Crippen molar-refractivity contribution in [2.45, 2.75) is 31.5 Å². The van der Waals surface area contributed by atoms with E-state index in [2.05, 4.69) is 26.2 Å². The minimum absolute atomic E-state index is 0.00209. The molecular weight excluding hydrogens is 352 g/mol. The molecule has 0 aliphatic heterocycles. The van der Waals surface area contributed by atoms with Crippen molar-refractivity contribution in [2.75, 3.05) is 5.75 Å². The van der Waals surface area contributed by atoms with Crippen LogP contribution in [0.3, 0.4) is 0 Å². The highest BCUT2D eigenvalue weighted by molar-refractivity contribution is 9.10. The molecule has 0 radical (unpaired) electrons. The van der Waals surface area contributed by atoms with Crippen LogP contribution in [0.5, 0.6) is 0 Å². The maximum Gasteiger partial charge on any atom is 0.256 e. The first-order valence-electron chi connectivity index (χ1n) is 6.72. The van der Waals surface area contributed by atoms with Crippen LogP contribution in [0.25, 0.3) is 11.3 Å². The second kappa shape index (κ2) is 7.66. The van der Waals surface area contributed by atoms with Crippen LogP contribution in [-0.4, -0.2) is 22.7 Å². The molecule has 112 valence electrons. The normalized spacial score (nSPS) is 12.1. The van der Waals surface area contributed by atoms with E-state index in [4.69, 9.17) is 4.42 Å². The van der Waals surface area contributed by atoms with Gasteiger partial charge >= 0.3 is 0 Å². The summed E-state index contributed by atoms with van der Waals surface area (Å²) in [6, 6.07) is 8.00. The molecular formula is C15H17BrN2O2S. The van der Waals surface area contributed by atoms with Gasteiger partial charge in [0.25, 0.3) is 5.22 Å². The first-order chi connectivity index (χ1) is 10.1. The predicted molar refractivity (Wildman–Crippen MR) is 88.3 cm³/mol. The number of carbonyl (C=O) groups is 1. The summed E-state index contributed by atoms with van der Waals surface area (Å²) in [6.45, 7) is 4.02. The molecule has 0 saturated heterocycles. The summed E-state index contributed by atoms with van der Waals surface area (Å²) in [5.74, 6) is 1.01. The molecule has 0 fully saturated rings. The Morgan fingerprint density at radius 1 is 1.43 bits per heavy atom. The van der Waals surface area contributed by atoms with E-state index >= 15 is 0 Å². The Labute approximate surface area is 136 Å². The molecule has 0 aliphatic carbocycles. The van der Waals surface area contributed by atoms with E-state index in [0.717, 1.165) is 16.5 Å². The Morgan fingerprint density at radius 3 is 2.81 bits per heavy atom. The second-order valence-corrected chi connectivity index (χ2v) is 6.51. The Morgan fingerprint density at radius 2 is 2.14 bits per heavy atom. The second-order valence-electron chi connectivity index (χ2n) is 4.66. The first kappa shape index (κ1) is 16.1. The minimum atomic E-state index is -0.00209. The maximum absolute atomic E-state index is 11.7. The molecule has 0 spiro atoms. The van der Waals surface area contributed by atoms with Gasteiger partial charge in [0.05, 0.1) is 11.9 Å². The zero-order chi connectivity index (χ0) is 15.2. The summed E-state index contributed by atoms with van der Waals surface area (Å²) in [5.41, 5.74) is 0.960. The SMILES string of the molecule is CC[C@H](C)NC(=O)CSc1ncc(-c2ccc(Br)cc2)o1. The van der Waals surface area contributed by atoms with Gasteiger partial charge in [-0.3, -0.25) is 4.79 Å². The third-order valence-corrected chi connectivity index (χ3v) is 4.33. The van der Waals surface area contributed by atoms with E-state index < -0.39 is 0 Å². The highest BCUT2D eigenvalue weighted by atomic mass is 79.9. The van der Waals surface area contributed by atoms with Gasteiger partial charge in [-0.1, -0.05) is 46.7 Å². The number of carbonyl (C=O) groups excluding carboxylic acids is 1. The largest absolute Gasteiger partial charge is 0.431 e. The van der Waals surface area contributed by atoms with Crippen LogP contribution < -0.4 is 5.32 Å². The number of nitrogens with one attached hydrogen (secondary N) is 1. The van der Waals surface area contributed by atoms with Gasteiger partial charge in [0.2, 0.25) is 5.91 Å². The van der Waals surface area contributed by atoms with Gasteiger partial charge in [0, 0.05) is 16.1 Å². The average molecular weight is 369 g/mol. The molecule has 1 aromatic carbocycles. The highest BCUT2D eigenvalue weighted by Gasteiger charge is 2.10. The van der Waals surface area contributed by atoms with Crippen LogP contribution in [-0.2, 0) is 4.79 Å². The summed E-state index contributed by atoms with van der Waals surface area (Å²) >= 11 is 4.70. The summed E-state index contributed by atoms with van der Waals surface area (Å²) < 4.78 is 6.66. The summed E-state index contributed by atoms with van der Waals surface area (Å²) in [5, 5.41) is 3.42. The van der Waals surface area contributed by atoms with Crippen molar-refractivity contribution in [1.82, 2.24) is 10.3 Å². The molecule has 0 aliphatic rings. The van der Waals surface area contributed by atoms with Crippen LogP contribution >= 0.6 is 27.7 Å². The van der Waals surface area contributed by atoms with Crippen molar-refractivity contribution >= 4 is 33.6 Å². The lowest BCUT2D eigenvalue weighted by Gasteiger charge is -2.09. The average Bonchev–Trinajstić information content (AvgIpc) is 2.94. The topological polar surface area (TPSA) is 55.1 Å². The lowest BCUT2D eigenvalue weighted by molar-refractivity contribution is -0.119. The number of amides is 1. The number of benzene rings is 1. The third kappa shape index (κ3) is 4.89. The standard InChI is InChI=1S/C15H17BrN2O2S/c1-3-10(2)18-14(19)9-21-15-17-8-13(20-15)11-4-6-12(16)7-5-11/h4-8,10H,3,9H2,1-2H3,(H,18,19)/t10-/m0/s1. The molecule has 21 heavy (non-hydrogen) atoms. The van der Waals surface area contributed by atoms with Gasteiger partial charge in [0.15, 0.2) is 5.76 Å². The number of hydrogen-bond donors (Lipinski definition) is 1. The molecule has 1 aromatic heterocycles. The number of oxazole rings is 1.